The first-order valence-electron chi connectivity index (χ1n) is 8.55. The van der Waals surface area contributed by atoms with Crippen LogP contribution < -0.4 is 14.8 Å². The third kappa shape index (κ3) is 2.89. The average molecular weight is 360 g/mol. The van der Waals surface area contributed by atoms with Gasteiger partial charge in [0.15, 0.2) is 11.5 Å². The molecule has 3 N–H and O–H groups in total. The second-order valence-electron chi connectivity index (χ2n) is 6.34. The first-order chi connectivity index (χ1) is 13.3. The van der Waals surface area contributed by atoms with Crippen LogP contribution in [-0.2, 0) is 6.54 Å². The lowest BCUT2D eigenvalue weighted by atomic mass is 10.1. The highest BCUT2D eigenvalue weighted by molar-refractivity contribution is 5.98. The molecule has 1 aliphatic rings. The van der Waals surface area contributed by atoms with Crippen LogP contribution in [0, 0.1) is 0 Å². The van der Waals surface area contributed by atoms with Gasteiger partial charge in [-0.1, -0.05) is 18.2 Å². The molecule has 7 heteroatoms. The minimum Gasteiger partial charge on any atom is -0.454 e. The lowest BCUT2D eigenvalue weighted by Gasteiger charge is -2.05. The zero-order chi connectivity index (χ0) is 18.2. The Balaban J connectivity index is 1.33. The number of hydrogen-bond donors (Lipinski definition) is 3. The Bertz CT molecular complexity index is 1130. The third-order valence-electron chi connectivity index (χ3n) is 4.59. The van der Waals surface area contributed by atoms with Crippen LogP contribution >= 0.6 is 0 Å². The Kier molecular flexibility index (Phi) is 3.57. The van der Waals surface area contributed by atoms with Crippen LogP contribution in [0.3, 0.4) is 0 Å². The monoisotopic (exact) mass is 360 g/mol. The summed E-state index contributed by atoms with van der Waals surface area (Å²) in [5.41, 5.74) is 4.41. The van der Waals surface area contributed by atoms with Crippen molar-refractivity contribution in [2.24, 2.45) is 0 Å². The van der Waals surface area contributed by atoms with Crippen LogP contribution in [-0.4, -0.2) is 27.9 Å². The number of rotatable bonds is 4. The van der Waals surface area contributed by atoms with Gasteiger partial charge < -0.3 is 19.8 Å². The Hall–Kier alpha value is -3.74. The zero-order valence-electron chi connectivity index (χ0n) is 14.3. The number of amides is 1. The normalized spacial score (nSPS) is 12.4. The first kappa shape index (κ1) is 15.5. The van der Waals surface area contributed by atoms with Crippen LogP contribution in [0.5, 0.6) is 11.5 Å². The molecule has 0 saturated heterocycles. The van der Waals surface area contributed by atoms with Crippen molar-refractivity contribution in [1.82, 2.24) is 20.5 Å². The number of hydrogen-bond acceptors (Lipinski definition) is 4. The van der Waals surface area contributed by atoms with Gasteiger partial charge in [-0.15, -0.1) is 0 Å². The van der Waals surface area contributed by atoms with E-state index in [1.165, 1.54) is 0 Å². The molecule has 0 unspecified atom stereocenters. The van der Waals surface area contributed by atoms with Crippen LogP contribution in [0.25, 0.3) is 22.0 Å². The number of aromatic amines is 2. The number of nitrogens with zero attached hydrogens (tertiary/aromatic N) is 1. The van der Waals surface area contributed by atoms with E-state index < -0.39 is 0 Å². The van der Waals surface area contributed by atoms with Crippen LogP contribution in [0.15, 0.2) is 54.9 Å². The highest BCUT2D eigenvalue weighted by Gasteiger charge is 2.14. The summed E-state index contributed by atoms with van der Waals surface area (Å²) in [6.45, 7) is 0.645. The largest absolute Gasteiger partial charge is 0.454 e. The predicted molar refractivity (Wildman–Crippen MR) is 99.6 cm³/mol. The lowest BCUT2D eigenvalue weighted by molar-refractivity contribution is 0.0946. The Morgan fingerprint density at radius 1 is 1.07 bits per heavy atom. The number of carbonyl (C=O) groups is 1. The molecule has 0 fully saturated rings. The van der Waals surface area contributed by atoms with Gasteiger partial charge in [0.2, 0.25) is 6.79 Å². The smallest absolute Gasteiger partial charge is 0.267 e. The molecule has 1 amide bonds. The predicted octanol–water partition coefficient (Wildman–Crippen LogP) is 3.22. The summed E-state index contributed by atoms with van der Waals surface area (Å²) < 4.78 is 10.7. The first-order valence-corrected chi connectivity index (χ1v) is 8.55. The van der Waals surface area contributed by atoms with Gasteiger partial charge in [-0.2, -0.15) is 5.10 Å². The van der Waals surface area contributed by atoms with E-state index in [2.05, 4.69) is 20.5 Å². The van der Waals surface area contributed by atoms with Gasteiger partial charge in [0.25, 0.3) is 5.91 Å². The van der Waals surface area contributed by atoms with Crippen molar-refractivity contribution in [2.45, 2.75) is 6.54 Å². The number of H-pyrrole nitrogens is 2. The maximum absolute atomic E-state index is 12.5. The number of nitrogens with one attached hydrogen (secondary N) is 3. The summed E-state index contributed by atoms with van der Waals surface area (Å²) in [5, 5.41) is 10.7. The molecule has 0 radical (unpaired) electrons. The van der Waals surface area contributed by atoms with E-state index in [4.69, 9.17) is 9.47 Å². The Morgan fingerprint density at radius 2 is 2.00 bits per heavy atom. The molecule has 7 nitrogen and oxygen atoms in total. The highest BCUT2D eigenvalue weighted by Crippen LogP contribution is 2.32. The molecule has 27 heavy (non-hydrogen) atoms. The van der Waals surface area contributed by atoms with E-state index in [0.29, 0.717) is 18.0 Å². The van der Waals surface area contributed by atoms with E-state index in [9.17, 15) is 4.79 Å². The summed E-state index contributed by atoms with van der Waals surface area (Å²) in [5.74, 6) is 1.28. The second-order valence-corrected chi connectivity index (χ2v) is 6.34. The van der Waals surface area contributed by atoms with Crippen molar-refractivity contribution >= 4 is 16.8 Å². The van der Waals surface area contributed by atoms with Gasteiger partial charge in [-0.05, 0) is 35.4 Å². The van der Waals surface area contributed by atoms with E-state index in [0.717, 1.165) is 33.3 Å². The fourth-order valence-corrected chi connectivity index (χ4v) is 3.17. The summed E-state index contributed by atoms with van der Waals surface area (Å²) >= 11 is 0. The van der Waals surface area contributed by atoms with Crippen LogP contribution in [0.1, 0.15) is 16.1 Å². The summed E-state index contributed by atoms with van der Waals surface area (Å²) in [4.78, 5) is 15.7. The Morgan fingerprint density at radius 3 is 2.89 bits per heavy atom. The zero-order valence-corrected chi connectivity index (χ0v) is 14.3. The number of ether oxygens (including phenoxy) is 2. The Labute approximate surface area is 154 Å². The summed E-state index contributed by atoms with van der Waals surface area (Å²) in [6.07, 6.45) is 3.60. The van der Waals surface area contributed by atoms with Gasteiger partial charge in [0.05, 0.1) is 6.20 Å². The van der Waals surface area contributed by atoms with E-state index in [1.54, 1.807) is 6.20 Å². The minimum absolute atomic E-state index is 0.159. The van der Waals surface area contributed by atoms with Gasteiger partial charge >= 0.3 is 0 Å². The molecule has 2 aromatic heterocycles. The van der Waals surface area contributed by atoms with Crippen molar-refractivity contribution in [3.63, 3.8) is 0 Å². The van der Waals surface area contributed by atoms with Gasteiger partial charge in [-0.25, -0.2) is 0 Å². The molecule has 134 valence electrons. The summed E-state index contributed by atoms with van der Waals surface area (Å²) in [7, 11) is 0. The van der Waals surface area contributed by atoms with Crippen molar-refractivity contribution in [1.29, 1.82) is 0 Å². The molecule has 2 aromatic carbocycles. The van der Waals surface area contributed by atoms with Crippen molar-refractivity contribution < 1.29 is 14.3 Å². The molecule has 0 spiro atoms. The van der Waals surface area contributed by atoms with E-state index in [-0.39, 0.29) is 12.7 Å². The number of benzene rings is 2. The van der Waals surface area contributed by atoms with Crippen LogP contribution in [0.4, 0.5) is 0 Å². The molecule has 0 atom stereocenters. The fourth-order valence-electron chi connectivity index (χ4n) is 3.17. The SMILES string of the molecule is O=C(NCc1ccc2c(c1)OCO2)c1cc2ccc(-c3cn[nH]c3)cc2[nH]1. The standard InChI is InChI=1S/C20H16N4O3/c25-20(21-8-12-1-4-18-19(5-12)27-11-26-18)17-7-14-3-2-13(6-16(14)24-17)15-9-22-23-10-15/h1-7,9-10,24H,8,11H2,(H,21,25)(H,22,23). The molecular weight excluding hydrogens is 344 g/mol. The molecule has 4 aromatic rings. The van der Waals surface area contributed by atoms with Crippen molar-refractivity contribution in [2.75, 3.05) is 6.79 Å². The van der Waals surface area contributed by atoms with Crippen molar-refractivity contribution in [3.05, 3.63) is 66.1 Å². The maximum Gasteiger partial charge on any atom is 0.267 e. The van der Waals surface area contributed by atoms with Crippen molar-refractivity contribution in [3.8, 4) is 22.6 Å². The van der Waals surface area contributed by atoms with E-state index in [1.807, 2.05) is 48.7 Å². The molecule has 0 bridgehead atoms. The topological polar surface area (TPSA) is 92.0 Å². The highest BCUT2D eigenvalue weighted by atomic mass is 16.7. The fraction of sp³-hybridized carbons (Fsp3) is 0.100. The van der Waals surface area contributed by atoms with Gasteiger partial charge in [0.1, 0.15) is 5.69 Å². The number of aromatic nitrogens is 3. The van der Waals surface area contributed by atoms with Gasteiger partial charge in [-0.3, -0.25) is 9.89 Å². The van der Waals surface area contributed by atoms with E-state index >= 15 is 0 Å². The minimum atomic E-state index is -0.159. The number of carbonyl (C=O) groups excluding carboxylic acids is 1. The quantitative estimate of drug-likeness (QED) is 0.521. The molecule has 3 heterocycles. The van der Waals surface area contributed by atoms with Gasteiger partial charge in [0, 0.05) is 29.2 Å². The molecular formula is C20H16N4O3. The third-order valence-corrected chi connectivity index (χ3v) is 4.59. The molecule has 5 rings (SSSR count). The molecule has 0 saturated carbocycles. The second kappa shape index (κ2) is 6.21. The van der Waals surface area contributed by atoms with Crippen LogP contribution in [0.2, 0.25) is 0 Å². The molecule has 1 aliphatic heterocycles. The number of fused-ring (bicyclic) bond motifs is 2. The lowest BCUT2D eigenvalue weighted by Crippen LogP contribution is -2.23. The average Bonchev–Trinajstić information content (AvgIpc) is 3.44. The maximum atomic E-state index is 12.5. The molecule has 0 aliphatic carbocycles. The summed E-state index contributed by atoms with van der Waals surface area (Å²) in [6, 6.07) is 13.5.